The number of anilines is 1. The zero-order valence-electron chi connectivity index (χ0n) is 18.3. The summed E-state index contributed by atoms with van der Waals surface area (Å²) >= 11 is 0. The second-order valence-electron chi connectivity index (χ2n) is 7.98. The Kier molecular flexibility index (Phi) is 5.94. The van der Waals surface area contributed by atoms with Gasteiger partial charge >= 0.3 is 0 Å². The Labute approximate surface area is 190 Å². The lowest BCUT2D eigenvalue weighted by Gasteiger charge is -2.16. The molecule has 33 heavy (non-hydrogen) atoms. The zero-order valence-corrected chi connectivity index (χ0v) is 19.2. The van der Waals surface area contributed by atoms with Crippen molar-refractivity contribution in [2.24, 2.45) is 0 Å². The molecule has 0 aliphatic carbocycles. The lowest BCUT2D eigenvalue weighted by Crippen LogP contribution is -2.27. The maximum Gasteiger partial charge on any atom is 0.229 e. The Hall–Kier alpha value is -3.66. The number of sulfonamides is 1. The largest absolute Gasteiger partial charge is 0.359 e. The van der Waals surface area contributed by atoms with Gasteiger partial charge in [-0.05, 0) is 42.8 Å². The molecule has 0 fully saturated rings. The van der Waals surface area contributed by atoms with Gasteiger partial charge in [0, 0.05) is 35.3 Å². The first-order valence-electron chi connectivity index (χ1n) is 10.1. The second kappa shape index (κ2) is 8.70. The van der Waals surface area contributed by atoms with Crippen molar-refractivity contribution in [2.45, 2.75) is 19.9 Å². The molecule has 0 spiro atoms. The van der Waals surface area contributed by atoms with Gasteiger partial charge in [0.05, 0.1) is 30.6 Å². The molecule has 2 N–H and O–H groups in total. The van der Waals surface area contributed by atoms with E-state index >= 15 is 0 Å². The number of likely N-dealkylation sites (N-methyl/N-ethyl adjacent to an activating group) is 1. The molecule has 1 amide bonds. The van der Waals surface area contributed by atoms with Crippen molar-refractivity contribution in [3.05, 3.63) is 71.4 Å². The van der Waals surface area contributed by atoms with Crippen molar-refractivity contribution in [3.8, 4) is 11.3 Å². The number of nitrogens with one attached hydrogen (secondary N) is 2. The average molecular weight is 471 g/mol. The Bertz CT molecular complexity index is 1440. The number of H-pyrrole nitrogens is 1. The monoisotopic (exact) mass is 470 g/mol. The molecular formula is C23H23FN4O4S. The first-order valence-corrected chi connectivity index (χ1v) is 12.0. The normalized spacial score (nSPS) is 11.6. The van der Waals surface area contributed by atoms with Crippen LogP contribution in [0.15, 0.2) is 53.1 Å². The summed E-state index contributed by atoms with van der Waals surface area (Å²) in [7, 11) is -1.80. The topological polar surface area (TPSA) is 108 Å². The molecular weight excluding hydrogens is 447 g/mol. The van der Waals surface area contributed by atoms with Crippen molar-refractivity contribution in [2.75, 3.05) is 18.0 Å². The number of amides is 1. The Morgan fingerprint density at radius 1 is 1.21 bits per heavy atom. The van der Waals surface area contributed by atoms with E-state index in [-0.39, 0.29) is 18.9 Å². The minimum Gasteiger partial charge on any atom is -0.359 e. The number of nitrogens with zero attached hydrogens (tertiary/aromatic N) is 2. The number of benzene rings is 2. The molecule has 2 aromatic heterocycles. The van der Waals surface area contributed by atoms with E-state index in [1.54, 1.807) is 50.4 Å². The highest BCUT2D eigenvalue weighted by molar-refractivity contribution is 7.92. The Morgan fingerprint density at radius 3 is 2.70 bits per heavy atom. The lowest BCUT2D eigenvalue weighted by atomic mass is 10.0. The molecule has 4 aromatic rings. The summed E-state index contributed by atoms with van der Waals surface area (Å²) in [6.07, 6.45) is 1.08. The fourth-order valence-corrected chi connectivity index (χ4v) is 4.26. The molecule has 0 aliphatic rings. The predicted molar refractivity (Wildman–Crippen MR) is 124 cm³/mol. The molecule has 10 heteroatoms. The second-order valence-corrected chi connectivity index (χ2v) is 9.73. The third-order valence-corrected chi connectivity index (χ3v) is 5.75. The first kappa shape index (κ1) is 22.5. The summed E-state index contributed by atoms with van der Waals surface area (Å²) in [5.41, 5.74) is 3.68. The Balaban J connectivity index is 1.71. The van der Waals surface area contributed by atoms with E-state index < -0.39 is 15.8 Å². The highest BCUT2D eigenvalue weighted by atomic mass is 32.2. The summed E-state index contributed by atoms with van der Waals surface area (Å²) in [5, 5.41) is 4.42. The van der Waals surface area contributed by atoms with Crippen LogP contribution in [0.5, 0.6) is 0 Å². The van der Waals surface area contributed by atoms with E-state index in [4.69, 9.17) is 4.52 Å². The highest BCUT2D eigenvalue weighted by Crippen LogP contribution is 2.33. The van der Waals surface area contributed by atoms with Crippen LogP contribution in [0.1, 0.15) is 17.0 Å². The molecule has 2 aromatic carbocycles. The third-order valence-electron chi connectivity index (χ3n) is 5.15. The van der Waals surface area contributed by atoms with Gasteiger partial charge in [-0.2, -0.15) is 0 Å². The maximum atomic E-state index is 14.1. The van der Waals surface area contributed by atoms with E-state index in [1.165, 1.54) is 17.0 Å². The molecule has 0 atom stereocenters. The molecule has 0 saturated carbocycles. The number of carbonyl (C=O) groups excluding carboxylic acids is 1. The van der Waals surface area contributed by atoms with E-state index in [1.807, 2.05) is 0 Å². The van der Waals surface area contributed by atoms with Crippen molar-refractivity contribution in [3.63, 3.8) is 0 Å². The molecule has 172 valence electrons. The van der Waals surface area contributed by atoms with Crippen LogP contribution in [0.3, 0.4) is 0 Å². The van der Waals surface area contributed by atoms with E-state index in [0.717, 1.165) is 11.9 Å². The molecule has 0 saturated heterocycles. The molecule has 4 rings (SSSR count). The fourth-order valence-electron chi connectivity index (χ4n) is 3.70. The van der Waals surface area contributed by atoms with Crippen LogP contribution in [-0.2, 0) is 27.8 Å². The van der Waals surface area contributed by atoms with Crippen LogP contribution in [0.4, 0.5) is 10.1 Å². The van der Waals surface area contributed by atoms with Crippen LogP contribution >= 0.6 is 0 Å². The number of aromatic amines is 1. The Morgan fingerprint density at radius 2 is 2.00 bits per heavy atom. The number of aryl methyl sites for hydroxylation is 1. The summed E-state index contributed by atoms with van der Waals surface area (Å²) in [4.78, 5) is 17.8. The van der Waals surface area contributed by atoms with Gasteiger partial charge < -0.3 is 14.4 Å². The summed E-state index contributed by atoms with van der Waals surface area (Å²) in [6.45, 7) is 2.05. The number of fused-ring (bicyclic) bond motifs is 1. The van der Waals surface area contributed by atoms with Crippen molar-refractivity contribution in [1.82, 2.24) is 15.0 Å². The predicted octanol–water partition coefficient (Wildman–Crippen LogP) is 3.84. The van der Waals surface area contributed by atoms with Gasteiger partial charge in [-0.1, -0.05) is 17.3 Å². The van der Waals surface area contributed by atoms with E-state index in [9.17, 15) is 17.6 Å². The number of carbonyl (C=O) groups is 1. The average Bonchev–Trinajstić information content (AvgIpc) is 3.30. The van der Waals surface area contributed by atoms with Crippen LogP contribution in [-0.4, -0.2) is 42.7 Å². The third kappa shape index (κ3) is 5.23. The SMILES string of the molecule is Cc1cc(CN(C)C(=O)Cc2c(-c3cccc(NS(C)(=O)=O)c3)[nH]c3ccc(F)cc23)on1. The first-order chi connectivity index (χ1) is 15.6. The number of halogens is 1. The molecule has 0 unspecified atom stereocenters. The smallest absolute Gasteiger partial charge is 0.229 e. The van der Waals surface area contributed by atoms with Crippen LogP contribution in [0, 0.1) is 12.7 Å². The van der Waals surface area contributed by atoms with Crippen LogP contribution < -0.4 is 4.72 Å². The fraction of sp³-hybridized carbons (Fsp3) is 0.217. The maximum absolute atomic E-state index is 14.1. The molecule has 0 bridgehead atoms. The van der Waals surface area contributed by atoms with Crippen LogP contribution in [0.25, 0.3) is 22.2 Å². The highest BCUT2D eigenvalue weighted by Gasteiger charge is 2.20. The van der Waals surface area contributed by atoms with Gasteiger partial charge in [0.2, 0.25) is 15.9 Å². The lowest BCUT2D eigenvalue weighted by molar-refractivity contribution is -0.129. The van der Waals surface area contributed by atoms with Crippen molar-refractivity contribution in [1.29, 1.82) is 0 Å². The van der Waals surface area contributed by atoms with E-state index in [0.29, 0.717) is 39.2 Å². The zero-order chi connectivity index (χ0) is 23.8. The molecule has 0 aliphatic heterocycles. The molecule has 0 radical (unpaired) electrons. The van der Waals surface area contributed by atoms with Gasteiger partial charge in [0.1, 0.15) is 5.82 Å². The quantitative estimate of drug-likeness (QED) is 0.427. The molecule has 2 heterocycles. The standard InChI is InChI=1S/C23H23FN4O4S/c1-14-9-18(32-26-14)13-28(2)22(29)12-20-19-11-16(24)7-8-21(19)25-23(20)15-5-4-6-17(10-15)27-33(3,30)31/h4-11,25,27H,12-13H2,1-3H3. The number of hydrogen-bond acceptors (Lipinski definition) is 5. The van der Waals surface area contributed by atoms with Gasteiger partial charge in [0.15, 0.2) is 5.76 Å². The van der Waals surface area contributed by atoms with Crippen molar-refractivity contribution < 1.29 is 22.1 Å². The van der Waals surface area contributed by atoms with Gasteiger partial charge in [-0.15, -0.1) is 0 Å². The van der Waals surface area contributed by atoms with Gasteiger partial charge in [-0.3, -0.25) is 9.52 Å². The minimum atomic E-state index is -3.46. The van der Waals surface area contributed by atoms with Gasteiger partial charge in [0.25, 0.3) is 0 Å². The number of rotatable bonds is 7. The van der Waals surface area contributed by atoms with Gasteiger partial charge in [-0.25, -0.2) is 12.8 Å². The number of hydrogen-bond donors (Lipinski definition) is 2. The minimum absolute atomic E-state index is 0.00609. The van der Waals surface area contributed by atoms with Crippen LogP contribution in [0.2, 0.25) is 0 Å². The molecule has 8 nitrogen and oxygen atoms in total. The summed E-state index contributed by atoms with van der Waals surface area (Å²) < 4.78 is 45.0. The van der Waals surface area contributed by atoms with Crippen molar-refractivity contribution >= 4 is 32.5 Å². The summed E-state index contributed by atoms with van der Waals surface area (Å²) in [6, 6.07) is 12.9. The number of aromatic nitrogens is 2. The summed E-state index contributed by atoms with van der Waals surface area (Å²) in [5.74, 6) is -0.0475. The van der Waals surface area contributed by atoms with E-state index in [2.05, 4.69) is 14.9 Å².